The molecular formula is C15H13IN2O3. The van der Waals surface area contributed by atoms with Crippen molar-refractivity contribution in [3.8, 4) is 11.5 Å². The normalized spacial score (nSPS) is 10.6. The molecule has 0 aliphatic carbocycles. The molecule has 1 amide bonds. The number of benzene rings is 2. The second-order valence-electron chi connectivity index (χ2n) is 4.13. The highest BCUT2D eigenvalue weighted by atomic mass is 127. The van der Waals surface area contributed by atoms with Crippen molar-refractivity contribution in [1.29, 1.82) is 0 Å². The van der Waals surface area contributed by atoms with Crippen LogP contribution in [0.2, 0.25) is 0 Å². The molecule has 0 heterocycles. The first kappa shape index (κ1) is 15.3. The Kier molecular flexibility index (Phi) is 5.15. The number of hydrogen-bond acceptors (Lipinski definition) is 4. The minimum Gasteiger partial charge on any atom is -0.507 e. The van der Waals surface area contributed by atoms with Crippen LogP contribution in [0.5, 0.6) is 11.5 Å². The molecule has 6 heteroatoms. The fraction of sp³-hybridized carbons (Fsp3) is 0.0667. The lowest BCUT2D eigenvalue weighted by molar-refractivity contribution is 0.0955. The van der Waals surface area contributed by atoms with Crippen LogP contribution in [-0.2, 0) is 0 Å². The first-order chi connectivity index (χ1) is 10.1. The molecule has 2 aromatic carbocycles. The van der Waals surface area contributed by atoms with E-state index < -0.39 is 0 Å². The van der Waals surface area contributed by atoms with Gasteiger partial charge in [0.2, 0.25) is 0 Å². The zero-order chi connectivity index (χ0) is 15.2. The van der Waals surface area contributed by atoms with Gasteiger partial charge in [-0.3, -0.25) is 4.79 Å². The Morgan fingerprint density at radius 2 is 2.00 bits per heavy atom. The Labute approximate surface area is 135 Å². The molecule has 21 heavy (non-hydrogen) atoms. The molecular weight excluding hydrogens is 383 g/mol. The number of hydrazone groups is 1. The van der Waals surface area contributed by atoms with Gasteiger partial charge in [0.25, 0.3) is 5.91 Å². The van der Waals surface area contributed by atoms with Crippen LogP contribution < -0.4 is 10.2 Å². The number of amides is 1. The van der Waals surface area contributed by atoms with E-state index in [1.54, 1.807) is 24.3 Å². The predicted molar refractivity (Wildman–Crippen MR) is 88.9 cm³/mol. The summed E-state index contributed by atoms with van der Waals surface area (Å²) in [4.78, 5) is 11.8. The third kappa shape index (κ3) is 4.19. The van der Waals surface area contributed by atoms with E-state index in [1.807, 2.05) is 12.1 Å². The second-order valence-corrected chi connectivity index (χ2v) is 5.38. The van der Waals surface area contributed by atoms with Crippen LogP contribution in [0, 0.1) is 3.57 Å². The van der Waals surface area contributed by atoms with Crippen LogP contribution in [0.15, 0.2) is 47.6 Å². The van der Waals surface area contributed by atoms with Crippen molar-refractivity contribution in [3.63, 3.8) is 0 Å². The maximum atomic E-state index is 11.8. The molecule has 5 nitrogen and oxygen atoms in total. The van der Waals surface area contributed by atoms with Crippen molar-refractivity contribution in [1.82, 2.24) is 5.43 Å². The summed E-state index contributed by atoms with van der Waals surface area (Å²) in [5.74, 6) is 0.339. The molecule has 0 bridgehead atoms. The molecule has 0 fully saturated rings. The van der Waals surface area contributed by atoms with Gasteiger partial charge in [-0.2, -0.15) is 5.10 Å². The van der Waals surface area contributed by atoms with Gasteiger partial charge in [-0.15, -0.1) is 0 Å². The van der Waals surface area contributed by atoms with Gasteiger partial charge in [-0.05, 0) is 65.1 Å². The van der Waals surface area contributed by atoms with Gasteiger partial charge in [0.15, 0.2) is 0 Å². The Balaban J connectivity index is 2.05. The number of halogens is 1. The number of nitrogens with one attached hydrogen (secondary N) is 1. The summed E-state index contributed by atoms with van der Waals surface area (Å²) in [5.41, 5.74) is 3.38. The predicted octanol–water partition coefficient (Wildman–Crippen LogP) is 2.77. The van der Waals surface area contributed by atoms with Crippen LogP contribution in [0.25, 0.3) is 0 Å². The number of hydrogen-bond donors (Lipinski definition) is 2. The van der Waals surface area contributed by atoms with Gasteiger partial charge in [-0.25, -0.2) is 5.43 Å². The van der Waals surface area contributed by atoms with Gasteiger partial charge < -0.3 is 9.84 Å². The lowest BCUT2D eigenvalue weighted by Crippen LogP contribution is -2.17. The van der Waals surface area contributed by atoms with E-state index in [1.165, 1.54) is 19.4 Å². The van der Waals surface area contributed by atoms with E-state index in [0.717, 1.165) is 3.57 Å². The Hall–Kier alpha value is -2.09. The number of nitrogens with zero attached hydrogens (tertiary/aromatic N) is 1. The van der Waals surface area contributed by atoms with Crippen LogP contribution in [0.3, 0.4) is 0 Å². The lowest BCUT2D eigenvalue weighted by Gasteiger charge is -2.03. The fourth-order valence-corrected chi connectivity index (χ4v) is 1.95. The number of phenolic OH excluding ortho intramolecular Hbond substituents is 1. The Morgan fingerprint density at radius 1 is 1.29 bits per heavy atom. The molecule has 0 radical (unpaired) electrons. The van der Waals surface area contributed by atoms with Crippen molar-refractivity contribution in [3.05, 3.63) is 57.2 Å². The average Bonchev–Trinajstić information content (AvgIpc) is 2.49. The molecule has 0 atom stereocenters. The Bertz CT molecular complexity index is 669. The van der Waals surface area contributed by atoms with E-state index in [2.05, 4.69) is 33.1 Å². The number of aromatic hydroxyl groups is 1. The van der Waals surface area contributed by atoms with Crippen LogP contribution in [0.4, 0.5) is 0 Å². The average molecular weight is 396 g/mol. The summed E-state index contributed by atoms with van der Waals surface area (Å²) in [6.45, 7) is 0. The molecule has 2 aromatic rings. The van der Waals surface area contributed by atoms with Gasteiger partial charge >= 0.3 is 0 Å². The van der Waals surface area contributed by atoms with Crippen LogP contribution in [0.1, 0.15) is 15.9 Å². The number of ether oxygens (including phenoxy) is 1. The molecule has 0 aromatic heterocycles. The third-order valence-corrected chi connectivity index (χ3v) is 3.43. The fourth-order valence-electron chi connectivity index (χ4n) is 1.59. The minimum atomic E-state index is -0.315. The van der Waals surface area contributed by atoms with E-state index >= 15 is 0 Å². The molecule has 2 rings (SSSR count). The molecule has 0 unspecified atom stereocenters. The summed E-state index contributed by atoms with van der Waals surface area (Å²) in [7, 11) is 1.53. The summed E-state index contributed by atoms with van der Waals surface area (Å²) >= 11 is 2.17. The maximum absolute atomic E-state index is 11.8. The van der Waals surface area contributed by atoms with Gasteiger partial charge in [0.05, 0.1) is 13.3 Å². The van der Waals surface area contributed by atoms with Crippen molar-refractivity contribution in [2.75, 3.05) is 7.11 Å². The quantitative estimate of drug-likeness (QED) is 0.475. The molecule has 0 saturated carbocycles. The topological polar surface area (TPSA) is 70.9 Å². The summed E-state index contributed by atoms with van der Waals surface area (Å²) < 4.78 is 6.11. The van der Waals surface area contributed by atoms with Gasteiger partial charge in [0, 0.05) is 14.7 Å². The number of carbonyl (C=O) groups is 1. The molecule has 0 aliphatic rings. The van der Waals surface area contributed by atoms with Gasteiger partial charge in [0.1, 0.15) is 11.5 Å². The molecule has 0 spiro atoms. The molecule has 0 aliphatic heterocycles. The molecule has 0 saturated heterocycles. The zero-order valence-electron chi connectivity index (χ0n) is 11.2. The lowest BCUT2D eigenvalue weighted by atomic mass is 10.2. The van der Waals surface area contributed by atoms with Crippen molar-refractivity contribution in [2.45, 2.75) is 0 Å². The molecule has 108 valence electrons. The van der Waals surface area contributed by atoms with Crippen molar-refractivity contribution in [2.24, 2.45) is 5.10 Å². The molecule has 2 N–H and O–H groups in total. The number of rotatable bonds is 4. The van der Waals surface area contributed by atoms with Crippen molar-refractivity contribution >= 4 is 34.7 Å². The van der Waals surface area contributed by atoms with E-state index in [4.69, 9.17) is 4.74 Å². The SMILES string of the molecule is COc1ccc(O)c(/C=N\NC(=O)c2ccc(I)cc2)c1. The summed E-state index contributed by atoms with van der Waals surface area (Å²) in [6.07, 6.45) is 1.36. The largest absolute Gasteiger partial charge is 0.507 e. The first-order valence-corrected chi connectivity index (χ1v) is 7.14. The van der Waals surface area contributed by atoms with Crippen LogP contribution in [-0.4, -0.2) is 24.3 Å². The Morgan fingerprint density at radius 3 is 2.67 bits per heavy atom. The van der Waals surface area contributed by atoms with Crippen molar-refractivity contribution < 1.29 is 14.6 Å². The summed E-state index contributed by atoms with van der Waals surface area (Å²) in [5, 5.41) is 13.5. The first-order valence-electron chi connectivity index (χ1n) is 6.06. The smallest absolute Gasteiger partial charge is 0.271 e. The van der Waals surface area contributed by atoms with E-state index in [-0.39, 0.29) is 11.7 Å². The zero-order valence-corrected chi connectivity index (χ0v) is 13.4. The number of phenols is 1. The highest BCUT2D eigenvalue weighted by Crippen LogP contribution is 2.20. The van der Waals surface area contributed by atoms with E-state index in [9.17, 15) is 9.90 Å². The highest BCUT2D eigenvalue weighted by Gasteiger charge is 2.04. The monoisotopic (exact) mass is 396 g/mol. The van der Waals surface area contributed by atoms with E-state index in [0.29, 0.717) is 16.9 Å². The van der Waals surface area contributed by atoms with Gasteiger partial charge in [-0.1, -0.05) is 0 Å². The standard InChI is InChI=1S/C15H13IN2O3/c1-21-13-6-7-14(19)11(8-13)9-17-18-15(20)10-2-4-12(16)5-3-10/h2-9,19H,1H3,(H,18,20)/b17-9-. The number of methoxy groups -OCH3 is 1. The second kappa shape index (κ2) is 7.07. The maximum Gasteiger partial charge on any atom is 0.271 e. The van der Waals surface area contributed by atoms with Crippen LogP contribution >= 0.6 is 22.6 Å². The summed E-state index contributed by atoms with van der Waals surface area (Å²) in [6, 6.07) is 11.9. The number of carbonyl (C=O) groups excluding carboxylic acids is 1. The third-order valence-electron chi connectivity index (χ3n) is 2.71. The highest BCUT2D eigenvalue weighted by molar-refractivity contribution is 14.1. The minimum absolute atomic E-state index is 0.0584.